The highest BCUT2D eigenvalue weighted by atomic mass is 32.2. The van der Waals surface area contributed by atoms with E-state index in [9.17, 15) is 22.0 Å². The zero-order valence-electron chi connectivity index (χ0n) is 4.30. The Morgan fingerprint density at radius 3 is 1.33 bits per heavy atom. The molecule has 0 aromatic heterocycles. The van der Waals surface area contributed by atoms with Crippen LogP contribution < -0.4 is 0 Å². The van der Waals surface area contributed by atoms with Crippen molar-refractivity contribution in [2.75, 3.05) is 0 Å². The Balaban J connectivity index is 3.75. The van der Waals surface area contributed by atoms with Crippen LogP contribution in [0.5, 0.6) is 0 Å². The maximum absolute atomic E-state index is 11.5. The predicted molar refractivity (Wildman–Crippen MR) is 24.3 cm³/mol. The molecule has 0 spiro atoms. The lowest BCUT2D eigenvalue weighted by molar-refractivity contribution is -0.0402. The molecule has 0 atom stereocenters. The largest absolute Gasteiger partial charge is 0.447 e. The highest BCUT2D eigenvalue weighted by Crippen LogP contribution is 2.41. The van der Waals surface area contributed by atoms with Crippen molar-refractivity contribution >= 4 is 11.8 Å². The molecule has 0 saturated carbocycles. The summed E-state index contributed by atoms with van der Waals surface area (Å²) in [5, 5.41) is -3.72. The minimum atomic E-state index is -4.85. The van der Waals surface area contributed by atoms with Gasteiger partial charge in [0.05, 0.1) is 0 Å². The van der Waals surface area contributed by atoms with Gasteiger partial charge in [0.1, 0.15) is 0 Å². The number of hydrogen-bond acceptors (Lipinski definition) is 1. The molecule has 0 amide bonds. The lowest BCUT2D eigenvalue weighted by Crippen LogP contribution is -2.13. The third-order valence-electron chi connectivity index (χ3n) is 0.295. The number of alkyl halides is 5. The Bertz CT molecular complexity index is 77.4. The maximum Gasteiger partial charge on any atom is 0.447 e. The molecule has 0 heterocycles. The van der Waals surface area contributed by atoms with Gasteiger partial charge in [-0.05, 0) is 0 Å². The molecule has 0 rings (SSSR count). The van der Waals surface area contributed by atoms with Crippen molar-refractivity contribution in [1.82, 2.24) is 0 Å². The van der Waals surface area contributed by atoms with Gasteiger partial charge in [-0.15, -0.1) is 0 Å². The minimum absolute atomic E-state index is 0.200. The van der Waals surface area contributed by atoms with Crippen LogP contribution in [0, 0.1) is 0 Å². The summed E-state index contributed by atoms with van der Waals surface area (Å²) in [6.07, 6.45) is 0. The summed E-state index contributed by atoms with van der Waals surface area (Å²) < 4.78 is 56.0. The van der Waals surface area contributed by atoms with Crippen LogP contribution in [0.1, 0.15) is 6.92 Å². The highest BCUT2D eigenvalue weighted by Gasteiger charge is 2.40. The molecular formula is C3H3F5S. The van der Waals surface area contributed by atoms with Gasteiger partial charge < -0.3 is 0 Å². The fourth-order valence-electron chi connectivity index (χ4n) is 0.203. The monoisotopic (exact) mass is 166 g/mol. The summed E-state index contributed by atoms with van der Waals surface area (Å²) in [5.41, 5.74) is -4.85. The number of thioether (sulfide) groups is 1. The standard InChI is InChI=1S/C3H3F5S/c1-2(4,5)9-3(6,7)8/h1H3. The van der Waals surface area contributed by atoms with Gasteiger partial charge >= 0.3 is 5.51 Å². The molecule has 0 aromatic rings. The van der Waals surface area contributed by atoms with Crippen LogP contribution in [-0.2, 0) is 0 Å². The first kappa shape index (κ1) is 9.00. The first-order chi connectivity index (χ1) is 3.71. The molecule has 0 N–H and O–H groups in total. The highest BCUT2D eigenvalue weighted by molar-refractivity contribution is 8.01. The van der Waals surface area contributed by atoms with E-state index >= 15 is 0 Å². The molecule has 0 unspecified atom stereocenters. The summed E-state index contributed by atoms with van der Waals surface area (Å²) in [6.45, 7) is 0.200. The van der Waals surface area contributed by atoms with E-state index in [-0.39, 0.29) is 6.92 Å². The average molecular weight is 166 g/mol. The quantitative estimate of drug-likeness (QED) is 0.539. The van der Waals surface area contributed by atoms with Crippen LogP contribution in [0.15, 0.2) is 0 Å². The molecule has 0 fully saturated rings. The molecule has 0 bridgehead atoms. The summed E-state index contributed by atoms with van der Waals surface area (Å²) in [6, 6.07) is 0. The Morgan fingerprint density at radius 2 is 1.33 bits per heavy atom. The first-order valence-electron chi connectivity index (χ1n) is 1.85. The molecule has 0 aromatic carbocycles. The van der Waals surface area contributed by atoms with E-state index < -0.39 is 22.5 Å². The predicted octanol–water partition coefficient (Wildman–Crippen LogP) is 2.85. The fraction of sp³-hybridized carbons (Fsp3) is 1.00. The van der Waals surface area contributed by atoms with Gasteiger partial charge in [-0.25, -0.2) is 0 Å². The maximum atomic E-state index is 11.5. The summed E-state index contributed by atoms with van der Waals surface area (Å²) in [4.78, 5) is 0. The Morgan fingerprint density at radius 1 is 1.00 bits per heavy atom. The van der Waals surface area contributed by atoms with E-state index in [2.05, 4.69) is 0 Å². The van der Waals surface area contributed by atoms with E-state index in [1.807, 2.05) is 0 Å². The van der Waals surface area contributed by atoms with Gasteiger partial charge in [0.2, 0.25) is 0 Å². The lowest BCUT2D eigenvalue weighted by Gasteiger charge is -2.10. The average Bonchev–Trinajstić information content (AvgIpc) is 1.14. The van der Waals surface area contributed by atoms with Crippen molar-refractivity contribution in [3.8, 4) is 0 Å². The molecule has 0 radical (unpaired) electrons. The van der Waals surface area contributed by atoms with Crippen LogP contribution in [-0.4, -0.2) is 10.8 Å². The number of halogens is 5. The Kier molecular flexibility index (Phi) is 2.32. The molecule has 0 aliphatic rings. The molecular weight excluding hydrogens is 163 g/mol. The van der Waals surface area contributed by atoms with Gasteiger partial charge in [-0.1, -0.05) is 0 Å². The van der Waals surface area contributed by atoms with Crippen LogP contribution in [0.4, 0.5) is 22.0 Å². The Hall–Kier alpha value is -0.0000000000000000555. The first-order valence-corrected chi connectivity index (χ1v) is 2.67. The third kappa shape index (κ3) is 8.00. The van der Waals surface area contributed by atoms with Gasteiger partial charge in [0.15, 0.2) is 0 Å². The number of hydrogen-bond donors (Lipinski definition) is 0. The van der Waals surface area contributed by atoms with Crippen molar-refractivity contribution in [2.24, 2.45) is 0 Å². The topological polar surface area (TPSA) is 0 Å². The Labute approximate surface area is 52.4 Å². The van der Waals surface area contributed by atoms with Crippen LogP contribution in [0.2, 0.25) is 0 Å². The SMILES string of the molecule is CC(F)(F)SC(F)(F)F. The van der Waals surface area contributed by atoms with Crippen LogP contribution in [0.3, 0.4) is 0 Å². The van der Waals surface area contributed by atoms with E-state index in [1.54, 1.807) is 0 Å². The van der Waals surface area contributed by atoms with Gasteiger partial charge in [0, 0.05) is 18.7 Å². The van der Waals surface area contributed by atoms with Crippen LogP contribution >= 0.6 is 11.8 Å². The second kappa shape index (κ2) is 2.32. The molecule has 0 saturated heterocycles. The van der Waals surface area contributed by atoms with Crippen molar-refractivity contribution in [2.45, 2.75) is 17.7 Å². The van der Waals surface area contributed by atoms with Crippen molar-refractivity contribution < 1.29 is 22.0 Å². The zero-order valence-corrected chi connectivity index (χ0v) is 5.11. The molecule has 0 aliphatic heterocycles. The van der Waals surface area contributed by atoms with Gasteiger partial charge in [-0.2, -0.15) is 22.0 Å². The summed E-state index contributed by atoms with van der Waals surface area (Å²) in [5.74, 6) is 0. The summed E-state index contributed by atoms with van der Waals surface area (Å²) >= 11 is -1.32. The zero-order chi connectivity index (χ0) is 7.71. The second-order valence-electron chi connectivity index (χ2n) is 1.36. The lowest BCUT2D eigenvalue weighted by atomic mass is 10.9. The third-order valence-corrected chi connectivity index (χ3v) is 0.885. The van der Waals surface area contributed by atoms with Crippen molar-refractivity contribution in [3.05, 3.63) is 0 Å². The van der Waals surface area contributed by atoms with E-state index in [1.165, 1.54) is 0 Å². The summed E-state index contributed by atoms with van der Waals surface area (Å²) in [7, 11) is 0. The molecule has 0 aliphatic carbocycles. The van der Waals surface area contributed by atoms with Crippen molar-refractivity contribution in [3.63, 3.8) is 0 Å². The fourth-order valence-corrected chi connectivity index (χ4v) is 0.610. The van der Waals surface area contributed by atoms with Gasteiger partial charge in [0.25, 0.3) is 5.25 Å². The normalized spacial score (nSPS) is 14.0. The van der Waals surface area contributed by atoms with Gasteiger partial charge in [-0.3, -0.25) is 0 Å². The number of rotatable bonds is 1. The molecule has 56 valence electrons. The smallest absolute Gasteiger partial charge is 0.194 e. The van der Waals surface area contributed by atoms with Crippen LogP contribution in [0.25, 0.3) is 0 Å². The molecule has 9 heavy (non-hydrogen) atoms. The van der Waals surface area contributed by atoms with Crippen molar-refractivity contribution in [1.29, 1.82) is 0 Å². The van der Waals surface area contributed by atoms with E-state index in [0.29, 0.717) is 0 Å². The van der Waals surface area contributed by atoms with E-state index in [0.717, 1.165) is 0 Å². The minimum Gasteiger partial charge on any atom is -0.194 e. The molecule has 0 nitrogen and oxygen atoms in total. The van der Waals surface area contributed by atoms with E-state index in [4.69, 9.17) is 0 Å². The second-order valence-corrected chi connectivity index (χ2v) is 2.74. The molecule has 6 heteroatoms.